The molecule has 5 nitrogen and oxygen atoms in total. The number of carbonyl (C=O) groups is 1. The van der Waals surface area contributed by atoms with E-state index in [4.69, 9.17) is 4.74 Å². The molecule has 0 saturated carbocycles. The monoisotopic (exact) mass is 337 g/mol. The van der Waals surface area contributed by atoms with Crippen molar-refractivity contribution in [3.63, 3.8) is 0 Å². The maximum absolute atomic E-state index is 12.4. The van der Waals surface area contributed by atoms with Crippen molar-refractivity contribution in [3.8, 4) is 5.19 Å². The largest absolute Gasteiger partial charge is 0.473 e. The molecule has 0 bridgehead atoms. The number of hydrogen-bond donors (Lipinski definition) is 2. The predicted octanol–water partition coefficient (Wildman–Crippen LogP) is 3.62. The topological polar surface area (TPSA) is 67.0 Å². The number of hydrogen-bond acceptors (Lipinski definition) is 4. The van der Waals surface area contributed by atoms with Crippen molar-refractivity contribution in [1.82, 2.24) is 15.3 Å². The standard InChI is InChI=1S/C15H23N3O2SSi/c1-20-15-18-13-12(21-15)9-11(17-13)14(19)16-10-5-4-7-22(2,3)8-6-10/h9-10,17H,4-8H2,1-3H3,(H,16,19). The van der Waals surface area contributed by atoms with Crippen molar-refractivity contribution in [3.05, 3.63) is 11.8 Å². The van der Waals surface area contributed by atoms with E-state index in [1.807, 2.05) is 6.07 Å². The fourth-order valence-corrected chi connectivity index (χ4v) is 6.39. The summed E-state index contributed by atoms with van der Waals surface area (Å²) in [4.78, 5) is 19.8. The van der Waals surface area contributed by atoms with E-state index < -0.39 is 8.07 Å². The molecular formula is C15H23N3O2SSi. The molecule has 1 aliphatic rings. The Kier molecular flexibility index (Phi) is 4.27. The minimum Gasteiger partial charge on any atom is -0.473 e. The summed E-state index contributed by atoms with van der Waals surface area (Å²) in [6.07, 6.45) is 3.46. The second-order valence-corrected chi connectivity index (χ2v) is 13.2. The molecule has 1 unspecified atom stereocenters. The van der Waals surface area contributed by atoms with E-state index in [9.17, 15) is 4.79 Å². The smallest absolute Gasteiger partial charge is 0.275 e. The summed E-state index contributed by atoms with van der Waals surface area (Å²) >= 11 is 1.45. The molecule has 2 aromatic rings. The lowest BCUT2D eigenvalue weighted by atomic mass is 10.1. The molecule has 2 N–H and O–H groups in total. The Morgan fingerprint density at radius 1 is 1.45 bits per heavy atom. The Hall–Kier alpha value is -1.34. The Morgan fingerprint density at radius 3 is 3.00 bits per heavy atom. The SMILES string of the molecule is COc1nc2[nH]c(C(=O)NC3CCC[Si](C)(C)CC3)cc2s1. The molecule has 0 aliphatic carbocycles. The lowest BCUT2D eigenvalue weighted by Gasteiger charge is -2.19. The van der Waals surface area contributed by atoms with E-state index in [0.717, 1.165) is 23.2 Å². The number of nitrogens with one attached hydrogen (secondary N) is 2. The van der Waals surface area contributed by atoms with Crippen LogP contribution in [0, 0.1) is 0 Å². The fraction of sp³-hybridized carbons (Fsp3) is 0.600. The zero-order valence-corrected chi connectivity index (χ0v) is 15.2. The minimum absolute atomic E-state index is 0.0180. The Labute approximate surface area is 135 Å². The number of aromatic nitrogens is 2. The molecule has 1 atom stereocenters. The summed E-state index contributed by atoms with van der Waals surface area (Å²) in [5.41, 5.74) is 1.32. The molecule has 1 amide bonds. The van der Waals surface area contributed by atoms with E-state index in [1.165, 1.54) is 29.8 Å². The number of rotatable bonds is 3. The first kappa shape index (κ1) is 15.5. The Bertz CT molecular complexity index is 648. The van der Waals surface area contributed by atoms with E-state index >= 15 is 0 Å². The number of carbonyl (C=O) groups excluding carboxylic acids is 1. The van der Waals surface area contributed by atoms with Crippen LogP contribution in [-0.2, 0) is 0 Å². The van der Waals surface area contributed by atoms with Crippen molar-refractivity contribution >= 4 is 35.7 Å². The fourth-order valence-electron chi connectivity index (χ4n) is 3.07. The van der Waals surface area contributed by atoms with Gasteiger partial charge in [-0.15, -0.1) is 0 Å². The third-order valence-electron chi connectivity index (χ3n) is 4.49. The van der Waals surface area contributed by atoms with Crippen LogP contribution >= 0.6 is 11.3 Å². The molecule has 1 fully saturated rings. The number of fused-ring (bicyclic) bond motifs is 1. The molecule has 0 radical (unpaired) electrons. The van der Waals surface area contributed by atoms with E-state index in [2.05, 4.69) is 28.4 Å². The molecular weight excluding hydrogens is 314 g/mol. The van der Waals surface area contributed by atoms with Crippen LogP contribution in [0.2, 0.25) is 25.2 Å². The molecule has 0 aromatic carbocycles. The van der Waals surface area contributed by atoms with Gasteiger partial charge >= 0.3 is 0 Å². The van der Waals surface area contributed by atoms with Crippen LogP contribution in [0.15, 0.2) is 6.07 Å². The molecule has 2 aromatic heterocycles. The van der Waals surface area contributed by atoms with Gasteiger partial charge in [0, 0.05) is 14.1 Å². The second-order valence-electron chi connectivity index (χ2n) is 6.85. The Balaban J connectivity index is 1.66. The number of thiazole rings is 1. The van der Waals surface area contributed by atoms with Gasteiger partial charge in [0.15, 0.2) is 5.65 Å². The van der Waals surface area contributed by atoms with Crippen LogP contribution in [-0.4, -0.2) is 37.1 Å². The van der Waals surface area contributed by atoms with Gasteiger partial charge in [-0.2, -0.15) is 4.98 Å². The van der Waals surface area contributed by atoms with Gasteiger partial charge in [-0.3, -0.25) is 4.79 Å². The number of H-pyrrole nitrogens is 1. The van der Waals surface area contributed by atoms with E-state index in [-0.39, 0.29) is 5.91 Å². The molecule has 1 aliphatic heterocycles. The number of nitrogens with zero attached hydrogens (tertiary/aromatic N) is 1. The van der Waals surface area contributed by atoms with Crippen molar-refractivity contribution in [1.29, 1.82) is 0 Å². The zero-order valence-electron chi connectivity index (χ0n) is 13.4. The first-order valence-electron chi connectivity index (χ1n) is 7.81. The third kappa shape index (κ3) is 3.35. The number of ether oxygens (including phenoxy) is 1. The first-order valence-corrected chi connectivity index (χ1v) is 12.0. The quantitative estimate of drug-likeness (QED) is 0.841. The van der Waals surface area contributed by atoms with Gasteiger partial charge in [-0.25, -0.2) is 0 Å². The minimum atomic E-state index is -1.02. The maximum atomic E-state index is 12.4. The summed E-state index contributed by atoms with van der Waals surface area (Å²) in [5.74, 6) is -0.0180. The Morgan fingerprint density at radius 2 is 2.27 bits per heavy atom. The van der Waals surface area contributed by atoms with Crippen LogP contribution < -0.4 is 10.1 Å². The molecule has 7 heteroatoms. The lowest BCUT2D eigenvalue weighted by molar-refractivity contribution is 0.0930. The van der Waals surface area contributed by atoms with Crippen molar-refractivity contribution < 1.29 is 9.53 Å². The maximum Gasteiger partial charge on any atom is 0.275 e. The second kappa shape index (κ2) is 6.04. The van der Waals surface area contributed by atoms with Gasteiger partial charge in [0.1, 0.15) is 5.69 Å². The third-order valence-corrected chi connectivity index (χ3v) is 8.81. The molecule has 0 spiro atoms. The molecule has 3 heterocycles. The van der Waals surface area contributed by atoms with Crippen LogP contribution in [0.4, 0.5) is 0 Å². The summed E-state index contributed by atoms with van der Waals surface area (Å²) < 4.78 is 6.06. The zero-order chi connectivity index (χ0) is 15.7. The van der Waals surface area contributed by atoms with Crippen LogP contribution in [0.3, 0.4) is 0 Å². The normalized spacial score (nSPS) is 21.5. The summed E-state index contributed by atoms with van der Waals surface area (Å²) in [5, 5.41) is 3.80. The number of methoxy groups -OCH3 is 1. The lowest BCUT2D eigenvalue weighted by Crippen LogP contribution is -2.35. The molecule has 120 valence electrons. The summed E-state index contributed by atoms with van der Waals surface area (Å²) in [7, 11) is 0.579. The van der Waals surface area contributed by atoms with Crippen LogP contribution in [0.1, 0.15) is 29.8 Å². The van der Waals surface area contributed by atoms with Gasteiger partial charge in [0.25, 0.3) is 11.1 Å². The van der Waals surface area contributed by atoms with Crippen molar-refractivity contribution in [2.45, 2.75) is 50.5 Å². The highest BCUT2D eigenvalue weighted by Crippen LogP contribution is 2.29. The summed E-state index contributed by atoms with van der Waals surface area (Å²) in [6, 6.07) is 4.85. The van der Waals surface area contributed by atoms with Gasteiger partial charge in [-0.1, -0.05) is 42.9 Å². The van der Waals surface area contributed by atoms with Crippen molar-refractivity contribution in [2.24, 2.45) is 0 Å². The molecule has 22 heavy (non-hydrogen) atoms. The summed E-state index contributed by atoms with van der Waals surface area (Å²) in [6.45, 7) is 4.91. The van der Waals surface area contributed by atoms with E-state index in [0.29, 0.717) is 16.9 Å². The van der Waals surface area contributed by atoms with Crippen molar-refractivity contribution in [2.75, 3.05) is 7.11 Å². The predicted molar refractivity (Wildman–Crippen MR) is 92.7 cm³/mol. The van der Waals surface area contributed by atoms with E-state index in [1.54, 1.807) is 7.11 Å². The highest BCUT2D eigenvalue weighted by atomic mass is 32.1. The molecule has 1 saturated heterocycles. The van der Waals surface area contributed by atoms with Gasteiger partial charge in [-0.05, 0) is 18.9 Å². The van der Waals surface area contributed by atoms with Gasteiger partial charge in [0.05, 0.1) is 11.8 Å². The highest BCUT2D eigenvalue weighted by Gasteiger charge is 2.27. The average Bonchev–Trinajstić information content (AvgIpc) is 2.97. The van der Waals surface area contributed by atoms with Gasteiger partial charge < -0.3 is 15.0 Å². The van der Waals surface area contributed by atoms with Crippen LogP contribution in [0.25, 0.3) is 10.3 Å². The number of aromatic amines is 1. The highest BCUT2D eigenvalue weighted by molar-refractivity contribution is 7.20. The number of amides is 1. The van der Waals surface area contributed by atoms with Crippen LogP contribution in [0.5, 0.6) is 5.19 Å². The van der Waals surface area contributed by atoms with Gasteiger partial charge in [0.2, 0.25) is 0 Å². The first-order chi connectivity index (χ1) is 10.5. The average molecular weight is 338 g/mol. The molecule has 3 rings (SSSR count).